The molecule has 2 nitrogen and oxygen atoms in total. The number of halogens is 1. The van der Waals surface area contributed by atoms with Crippen molar-refractivity contribution in [3.8, 4) is 0 Å². The van der Waals surface area contributed by atoms with Crippen LogP contribution in [0, 0.1) is 6.92 Å². The van der Waals surface area contributed by atoms with Crippen molar-refractivity contribution in [3.63, 3.8) is 0 Å². The molecule has 0 atom stereocenters. The van der Waals surface area contributed by atoms with Gasteiger partial charge < -0.3 is 5.32 Å². The predicted octanol–water partition coefficient (Wildman–Crippen LogP) is 2.96. The highest BCUT2D eigenvalue weighted by molar-refractivity contribution is 6.31. The van der Waals surface area contributed by atoms with Crippen LogP contribution in [0.15, 0.2) is 24.3 Å². The van der Waals surface area contributed by atoms with Gasteiger partial charge in [0.05, 0.1) is 5.52 Å². The van der Waals surface area contributed by atoms with Crippen molar-refractivity contribution in [1.29, 1.82) is 0 Å². The van der Waals surface area contributed by atoms with Crippen molar-refractivity contribution in [2.45, 2.75) is 13.3 Å². The van der Waals surface area contributed by atoms with Crippen LogP contribution in [0.5, 0.6) is 0 Å². The maximum atomic E-state index is 5.98. The highest BCUT2D eigenvalue weighted by Crippen LogP contribution is 2.21. The van der Waals surface area contributed by atoms with E-state index in [1.165, 1.54) is 10.9 Å². The van der Waals surface area contributed by atoms with Crippen molar-refractivity contribution in [1.82, 2.24) is 10.3 Å². The number of aromatic nitrogens is 1. The molecule has 0 bridgehead atoms. The van der Waals surface area contributed by atoms with Gasteiger partial charge in [0.1, 0.15) is 0 Å². The summed E-state index contributed by atoms with van der Waals surface area (Å²) < 4.78 is 0. The Hall–Kier alpha value is -1.12. The molecule has 0 spiro atoms. The molecule has 0 aliphatic heterocycles. The van der Waals surface area contributed by atoms with Crippen molar-refractivity contribution >= 4 is 22.5 Å². The lowest BCUT2D eigenvalue weighted by atomic mass is 10.1. The summed E-state index contributed by atoms with van der Waals surface area (Å²) in [6, 6.07) is 8.01. The first kappa shape index (κ1) is 11.4. The summed E-state index contributed by atoms with van der Waals surface area (Å²) in [4.78, 5) is 4.61. The van der Waals surface area contributed by atoms with Crippen LogP contribution in [-0.2, 0) is 6.42 Å². The second-order valence-corrected chi connectivity index (χ2v) is 4.38. The van der Waals surface area contributed by atoms with E-state index in [0.29, 0.717) is 0 Å². The largest absolute Gasteiger partial charge is 0.319 e. The molecule has 0 aliphatic carbocycles. The zero-order valence-corrected chi connectivity index (χ0v) is 10.3. The Morgan fingerprint density at radius 3 is 2.88 bits per heavy atom. The number of rotatable bonds is 3. The molecule has 0 fully saturated rings. The van der Waals surface area contributed by atoms with Gasteiger partial charge in [-0.2, -0.15) is 0 Å². The average molecular weight is 235 g/mol. The molecule has 1 heterocycles. The van der Waals surface area contributed by atoms with Crippen LogP contribution in [0.4, 0.5) is 0 Å². The van der Waals surface area contributed by atoms with Crippen LogP contribution in [0.1, 0.15) is 11.3 Å². The Kier molecular flexibility index (Phi) is 3.42. The van der Waals surface area contributed by atoms with Crippen LogP contribution in [0.2, 0.25) is 5.02 Å². The molecule has 0 unspecified atom stereocenters. The third-order valence-corrected chi connectivity index (χ3v) is 2.90. The van der Waals surface area contributed by atoms with Crippen LogP contribution in [0.25, 0.3) is 10.9 Å². The zero-order chi connectivity index (χ0) is 11.5. The van der Waals surface area contributed by atoms with E-state index in [1.807, 2.05) is 25.2 Å². The molecule has 16 heavy (non-hydrogen) atoms. The standard InChI is InChI=1S/C13H15ClN2/c1-9-7-11(5-6-15-2)16-13-8-10(14)3-4-12(9)13/h3-4,7-8,15H,5-6H2,1-2H3. The normalized spacial score (nSPS) is 10.9. The number of aryl methyl sites for hydroxylation is 1. The minimum absolute atomic E-state index is 0.741. The van der Waals surface area contributed by atoms with E-state index in [2.05, 4.69) is 23.3 Å². The molecule has 2 rings (SSSR count). The highest BCUT2D eigenvalue weighted by Gasteiger charge is 2.03. The van der Waals surface area contributed by atoms with Crippen molar-refractivity contribution < 1.29 is 0 Å². The lowest BCUT2D eigenvalue weighted by Crippen LogP contribution is -2.11. The number of likely N-dealkylation sites (N-methyl/N-ethyl adjacent to an activating group) is 1. The molecule has 0 saturated heterocycles. The fourth-order valence-corrected chi connectivity index (χ4v) is 1.99. The van der Waals surface area contributed by atoms with Gasteiger partial charge in [0.2, 0.25) is 0 Å². The number of fused-ring (bicyclic) bond motifs is 1. The van der Waals surface area contributed by atoms with Gasteiger partial charge in [-0.1, -0.05) is 17.7 Å². The van der Waals surface area contributed by atoms with Crippen LogP contribution in [-0.4, -0.2) is 18.6 Å². The number of benzene rings is 1. The molecule has 1 aromatic heterocycles. The van der Waals surface area contributed by atoms with Crippen molar-refractivity contribution in [2.24, 2.45) is 0 Å². The Morgan fingerprint density at radius 2 is 2.12 bits per heavy atom. The fourth-order valence-electron chi connectivity index (χ4n) is 1.83. The second kappa shape index (κ2) is 4.81. The van der Waals surface area contributed by atoms with Gasteiger partial charge in [0, 0.05) is 29.1 Å². The molecular formula is C13H15ClN2. The minimum Gasteiger partial charge on any atom is -0.319 e. The molecule has 1 N–H and O–H groups in total. The first-order chi connectivity index (χ1) is 7.70. The molecule has 0 saturated carbocycles. The van der Waals surface area contributed by atoms with Crippen LogP contribution < -0.4 is 5.32 Å². The monoisotopic (exact) mass is 234 g/mol. The van der Waals surface area contributed by atoms with E-state index in [0.717, 1.165) is 29.2 Å². The van der Waals surface area contributed by atoms with Gasteiger partial charge in [0.15, 0.2) is 0 Å². The summed E-state index contributed by atoms with van der Waals surface area (Å²) in [6.07, 6.45) is 0.944. The van der Waals surface area contributed by atoms with E-state index in [-0.39, 0.29) is 0 Å². The van der Waals surface area contributed by atoms with E-state index >= 15 is 0 Å². The maximum Gasteiger partial charge on any atom is 0.0722 e. The van der Waals surface area contributed by atoms with E-state index in [4.69, 9.17) is 11.6 Å². The fraction of sp³-hybridized carbons (Fsp3) is 0.308. The summed E-state index contributed by atoms with van der Waals surface area (Å²) in [5.74, 6) is 0. The number of hydrogen-bond donors (Lipinski definition) is 1. The van der Waals surface area contributed by atoms with Gasteiger partial charge >= 0.3 is 0 Å². The van der Waals surface area contributed by atoms with E-state index in [1.54, 1.807) is 0 Å². The molecular weight excluding hydrogens is 220 g/mol. The van der Waals surface area contributed by atoms with E-state index in [9.17, 15) is 0 Å². The molecule has 0 amide bonds. The van der Waals surface area contributed by atoms with Gasteiger partial charge in [-0.25, -0.2) is 0 Å². The van der Waals surface area contributed by atoms with Crippen LogP contribution in [0.3, 0.4) is 0 Å². The molecule has 0 aliphatic rings. The van der Waals surface area contributed by atoms with Crippen molar-refractivity contribution in [3.05, 3.63) is 40.5 Å². The minimum atomic E-state index is 0.741. The van der Waals surface area contributed by atoms with Gasteiger partial charge in [-0.05, 0) is 37.7 Å². The quantitative estimate of drug-likeness (QED) is 0.883. The number of pyridine rings is 1. The first-order valence-electron chi connectivity index (χ1n) is 5.41. The van der Waals surface area contributed by atoms with Crippen molar-refractivity contribution in [2.75, 3.05) is 13.6 Å². The van der Waals surface area contributed by atoms with Crippen LogP contribution >= 0.6 is 11.6 Å². The van der Waals surface area contributed by atoms with Gasteiger partial charge in [-0.15, -0.1) is 0 Å². The second-order valence-electron chi connectivity index (χ2n) is 3.95. The maximum absolute atomic E-state index is 5.98. The summed E-state index contributed by atoms with van der Waals surface area (Å²) in [5.41, 5.74) is 3.35. The average Bonchev–Trinajstić information content (AvgIpc) is 2.25. The summed E-state index contributed by atoms with van der Waals surface area (Å²) in [6.45, 7) is 3.05. The number of nitrogens with one attached hydrogen (secondary N) is 1. The zero-order valence-electron chi connectivity index (χ0n) is 9.55. The lowest BCUT2D eigenvalue weighted by Gasteiger charge is -2.06. The molecule has 1 aromatic carbocycles. The highest BCUT2D eigenvalue weighted by atomic mass is 35.5. The topological polar surface area (TPSA) is 24.9 Å². The van der Waals surface area contributed by atoms with Gasteiger partial charge in [-0.3, -0.25) is 4.98 Å². The van der Waals surface area contributed by atoms with E-state index < -0.39 is 0 Å². The third kappa shape index (κ3) is 2.34. The third-order valence-electron chi connectivity index (χ3n) is 2.66. The number of hydrogen-bond acceptors (Lipinski definition) is 2. The Bertz CT molecular complexity index is 509. The Balaban J connectivity index is 2.47. The first-order valence-corrected chi connectivity index (χ1v) is 5.79. The number of nitrogens with zero attached hydrogens (tertiary/aromatic N) is 1. The SMILES string of the molecule is CNCCc1cc(C)c2ccc(Cl)cc2n1. The predicted molar refractivity (Wildman–Crippen MR) is 69.1 cm³/mol. The molecule has 84 valence electrons. The summed E-state index contributed by atoms with van der Waals surface area (Å²) in [7, 11) is 1.95. The molecule has 0 radical (unpaired) electrons. The van der Waals surface area contributed by atoms with Gasteiger partial charge in [0.25, 0.3) is 0 Å². The summed E-state index contributed by atoms with van der Waals surface area (Å²) >= 11 is 5.98. The molecule has 3 heteroatoms. The smallest absolute Gasteiger partial charge is 0.0722 e. The lowest BCUT2D eigenvalue weighted by molar-refractivity contribution is 0.778. The summed E-state index contributed by atoms with van der Waals surface area (Å²) in [5, 5.41) is 5.05. The Morgan fingerprint density at radius 1 is 1.31 bits per heavy atom. The molecule has 2 aromatic rings. The Labute approximate surface area is 101 Å².